The van der Waals surface area contributed by atoms with Crippen LogP contribution in [0.1, 0.15) is 80.1 Å². The van der Waals surface area contributed by atoms with Crippen molar-refractivity contribution in [3.8, 4) is 0 Å². The quantitative estimate of drug-likeness (QED) is 0.549. The molecular weight excluding hydrogens is 390 g/mol. The number of nitrogens with one attached hydrogen (secondary N) is 1. The lowest BCUT2D eigenvalue weighted by Gasteiger charge is -2.58. The first kappa shape index (κ1) is 25.6. The fourth-order valence-electron chi connectivity index (χ4n) is 6.90. The molecule has 7 atom stereocenters. The Morgan fingerprint density at radius 1 is 1.10 bits per heavy atom. The molecule has 4 aliphatic rings. The fourth-order valence-corrected chi connectivity index (χ4v) is 6.90. The lowest BCUT2D eigenvalue weighted by molar-refractivity contribution is -0.149. The zero-order valence-corrected chi connectivity index (χ0v) is 20.6. The van der Waals surface area contributed by atoms with Gasteiger partial charge in [0.1, 0.15) is 6.79 Å². The van der Waals surface area contributed by atoms with Crippen molar-refractivity contribution in [1.29, 1.82) is 0 Å². The number of hydrogen-bond acceptors (Lipinski definition) is 4. The number of hydrogen-bond donors (Lipinski definition) is 1. The molecule has 31 heavy (non-hydrogen) atoms. The normalized spacial score (nSPS) is 40.5. The average Bonchev–Trinajstić information content (AvgIpc) is 3.04. The van der Waals surface area contributed by atoms with E-state index in [-0.39, 0.29) is 22.7 Å². The molecular formula is C26H43NO4. The number of esters is 1. The number of carbonyl (C=O) groups excluding carboxylic acids is 3. The van der Waals surface area contributed by atoms with Crippen LogP contribution in [0.2, 0.25) is 0 Å². The summed E-state index contributed by atoms with van der Waals surface area (Å²) >= 11 is 0. The molecule has 3 fully saturated rings. The van der Waals surface area contributed by atoms with Gasteiger partial charge in [-0.05, 0) is 94.5 Å². The highest BCUT2D eigenvalue weighted by Crippen LogP contribution is 2.64. The van der Waals surface area contributed by atoms with Crippen LogP contribution in [0.5, 0.6) is 0 Å². The van der Waals surface area contributed by atoms with E-state index in [0.29, 0.717) is 11.5 Å². The first-order valence-electron chi connectivity index (χ1n) is 11.8. The van der Waals surface area contributed by atoms with Crippen LogP contribution in [0.3, 0.4) is 0 Å². The third-order valence-electron chi connectivity index (χ3n) is 8.96. The number of fused-ring (bicyclic) bond motifs is 5. The molecule has 4 rings (SSSR count). The number of amides is 1. The predicted octanol–water partition coefficient (Wildman–Crippen LogP) is 4.94. The van der Waals surface area contributed by atoms with Crippen molar-refractivity contribution in [1.82, 2.24) is 5.32 Å². The monoisotopic (exact) mass is 433 g/mol. The van der Waals surface area contributed by atoms with Gasteiger partial charge in [0.15, 0.2) is 0 Å². The number of carbonyl (C=O) groups is 3. The molecule has 0 bridgehead atoms. The largest absolute Gasteiger partial charge is 0.469 e. The van der Waals surface area contributed by atoms with Crippen LogP contribution >= 0.6 is 0 Å². The van der Waals surface area contributed by atoms with Crippen LogP contribution in [-0.4, -0.2) is 31.8 Å². The van der Waals surface area contributed by atoms with Crippen molar-refractivity contribution in [3.05, 3.63) is 12.2 Å². The maximum atomic E-state index is 11.7. The van der Waals surface area contributed by atoms with Crippen molar-refractivity contribution in [2.24, 2.45) is 39.9 Å². The molecule has 0 saturated heterocycles. The minimum Gasteiger partial charge on any atom is -0.469 e. The van der Waals surface area contributed by atoms with Crippen molar-refractivity contribution in [2.45, 2.75) is 86.1 Å². The molecule has 3 saturated carbocycles. The molecule has 0 aromatic carbocycles. The summed E-state index contributed by atoms with van der Waals surface area (Å²) in [5.74, 6) is 3.43. The fraction of sp³-hybridized carbons (Fsp3) is 0.808. The van der Waals surface area contributed by atoms with Gasteiger partial charge in [0, 0.05) is 11.5 Å². The molecule has 3 aliphatic carbocycles. The molecule has 1 aliphatic heterocycles. The maximum Gasteiger partial charge on any atom is 0.310 e. The Labute approximate surface area is 188 Å². The molecule has 1 amide bonds. The molecule has 5 heteroatoms. The summed E-state index contributed by atoms with van der Waals surface area (Å²) in [5, 5.41) is 3.24. The maximum absolute atomic E-state index is 11.7. The van der Waals surface area contributed by atoms with Crippen molar-refractivity contribution >= 4 is 18.7 Å². The molecule has 0 spiro atoms. The lowest BCUT2D eigenvalue weighted by atomic mass is 9.48. The number of ether oxygens (including phenoxy) is 1. The second-order valence-corrected chi connectivity index (χ2v) is 11.5. The summed E-state index contributed by atoms with van der Waals surface area (Å²) < 4.78 is 4.48. The first-order chi connectivity index (χ1) is 14.4. The molecule has 1 N–H and O–H groups in total. The number of rotatable bonds is 0. The van der Waals surface area contributed by atoms with Crippen LogP contribution in [-0.2, 0) is 19.1 Å². The Morgan fingerprint density at radius 3 is 2.29 bits per heavy atom. The average molecular weight is 434 g/mol. The summed E-state index contributed by atoms with van der Waals surface area (Å²) in [7, 11) is 1.40. The molecule has 7 unspecified atom stereocenters. The summed E-state index contributed by atoms with van der Waals surface area (Å²) in [4.78, 5) is 30.3. The van der Waals surface area contributed by atoms with Crippen LogP contribution in [0.25, 0.3) is 0 Å². The predicted molar refractivity (Wildman–Crippen MR) is 123 cm³/mol. The SMILES string of the molecule is C=O.CC1CCC2C3CCC4NC(=O)C=CC4(C)C3CCC12C.COC(=O)C(C)(C)C. The van der Waals surface area contributed by atoms with E-state index in [1.54, 1.807) is 6.08 Å². The molecule has 5 nitrogen and oxygen atoms in total. The Hall–Kier alpha value is -1.65. The van der Waals surface area contributed by atoms with Crippen molar-refractivity contribution in [3.63, 3.8) is 0 Å². The Kier molecular flexibility index (Phi) is 7.81. The zero-order chi connectivity index (χ0) is 23.6. The van der Waals surface area contributed by atoms with Crippen LogP contribution in [0, 0.1) is 39.9 Å². The Balaban J connectivity index is 0.000000292. The summed E-state index contributed by atoms with van der Waals surface area (Å²) in [6.07, 6.45) is 12.2. The molecule has 0 aromatic rings. The standard InChI is InChI=1S/C19H29NO.C6H12O2.CH2O/c1-12-4-6-14-13-5-7-16-19(3,11-9-17(21)20-16)15(13)8-10-18(12,14)2;1-6(2,3)5(7)8-4;1-2/h9,11-16H,4-8,10H2,1-3H3,(H,20,21);1-4H3;1H2. The van der Waals surface area contributed by atoms with Gasteiger partial charge in [-0.25, -0.2) is 0 Å². The highest BCUT2D eigenvalue weighted by molar-refractivity contribution is 5.89. The second kappa shape index (κ2) is 9.46. The third-order valence-corrected chi connectivity index (χ3v) is 8.96. The topological polar surface area (TPSA) is 72.5 Å². The molecule has 1 heterocycles. The van der Waals surface area contributed by atoms with Gasteiger partial charge < -0.3 is 14.8 Å². The lowest BCUT2D eigenvalue weighted by Crippen LogP contribution is -2.59. The first-order valence-corrected chi connectivity index (χ1v) is 11.8. The van der Waals surface area contributed by atoms with Gasteiger partial charge in [-0.15, -0.1) is 0 Å². The highest BCUT2D eigenvalue weighted by atomic mass is 16.5. The number of methoxy groups -OCH3 is 1. The minimum atomic E-state index is -0.352. The summed E-state index contributed by atoms with van der Waals surface area (Å²) in [6.45, 7) is 14.9. The van der Waals surface area contributed by atoms with E-state index < -0.39 is 0 Å². The van der Waals surface area contributed by atoms with Crippen LogP contribution < -0.4 is 5.32 Å². The van der Waals surface area contributed by atoms with Crippen molar-refractivity contribution < 1.29 is 19.1 Å². The molecule has 0 aromatic heterocycles. The molecule has 0 radical (unpaired) electrons. The minimum absolute atomic E-state index is 0.117. The van der Waals surface area contributed by atoms with E-state index in [9.17, 15) is 9.59 Å². The zero-order valence-electron chi connectivity index (χ0n) is 20.6. The van der Waals surface area contributed by atoms with Crippen LogP contribution in [0.15, 0.2) is 12.2 Å². The van der Waals surface area contributed by atoms with E-state index in [2.05, 4.69) is 36.9 Å². The van der Waals surface area contributed by atoms with E-state index in [4.69, 9.17) is 4.79 Å². The highest BCUT2D eigenvalue weighted by Gasteiger charge is 2.58. The van der Waals surface area contributed by atoms with Gasteiger partial charge >= 0.3 is 5.97 Å². The molecule has 176 valence electrons. The Bertz CT molecular complexity index is 696. The van der Waals surface area contributed by atoms with Crippen LogP contribution in [0.4, 0.5) is 0 Å². The van der Waals surface area contributed by atoms with Gasteiger partial charge in [0.2, 0.25) is 5.91 Å². The van der Waals surface area contributed by atoms with E-state index in [1.165, 1.54) is 45.6 Å². The summed E-state index contributed by atoms with van der Waals surface area (Å²) in [6, 6.07) is 0.374. The van der Waals surface area contributed by atoms with Gasteiger partial charge in [0.25, 0.3) is 0 Å². The Morgan fingerprint density at radius 2 is 1.74 bits per heavy atom. The second-order valence-electron chi connectivity index (χ2n) is 11.5. The van der Waals surface area contributed by atoms with E-state index in [1.807, 2.05) is 27.6 Å². The van der Waals surface area contributed by atoms with Gasteiger partial charge in [-0.2, -0.15) is 0 Å². The van der Waals surface area contributed by atoms with E-state index >= 15 is 0 Å². The summed E-state index contributed by atoms with van der Waals surface area (Å²) in [5.41, 5.74) is 0.435. The van der Waals surface area contributed by atoms with Gasteiger partial charge in [0.05, 0.1) is 12.5 Å². The van der Waals surface area contributed by atoms with Gasteiger partial charge in [-0.3, -0.25) is 9.59 Å². The van der Waals surface area contributed by atoms with Gasteiger partial charge in [-0.1, -0.05) is 26.8 Å². The van der Waals surface area contributed by atoms with Crippen molar-refractivity contribution in [2.75, 3.05) is 7.11 Å². The smallest absolute Gasteiger partial charge is 0.310 e. The third kappa shape index (κ3) is 4.75. The van der Waals surface area contributed by atoms with E-state index in [0.717, 1.165) is 23.7 Å².